The van der Waals surface area contributed by atoms with Gasteiger partial charge in [0.25, 0.3) is 0 Å². The fraction of sp³-hybridized carbons (Fsp3) is 0.143. The highest BCUT2D eigenvalue weighted by atomic mass is 35.5. The molecule has 4 heteroatoms. The van der Waals surface area contributed by atoms with Gasteiger partial charge in [-0.15, -0.1) is 0 Å². The maximum atomic E-state index is 5.70. The lowest BCUT2D eigenvalue weighted by molar-refractivity contribution is 0.939. The monoisotopic (exact) mass is 167 g/mol. The molecule has 0 aromatic carbocycles. The van der Waals surface area contributed by atoms with E-state index in [1.165, 1.54) is 0 Å². The first kappa shape index (κ1) is 6.61. The molecule has 2 rings (SSSR count). The van der Waals surface area contributed by atoms with E-state index in [1.807, 2.05) is 6.92 Å². The average Bonchev–Trinajstić information content (AvgIpc) is 2.32. The molecule has 2 aromatic rings. The van der Waals surface area contributed by atoms with E-state index in [0.717, 1.165) is 11.2 Å². The quantitative estimate of drug-likeness (QED) is 0.598. The number of hydrogen-bond acceptors (Lipinski definition) is 2. The maximum Gasteiger partial charge on any atom is 0.157 e. The van der Waals surface area contributed by atoms with E-state index in [9.17, 15) is 0 Å². The van der Waals surface area contributed by atoms with Crippen molar-refractivity contribution in [3.63, 3.8) is 0 Å². The second-order valence-corrected chi connectivity index (χ2v) is 2.80. The predicted molar refractivity (Wildman–Crippen MR) is 42.7 cm³/mol. The third-order valence-electron chi connectivity index (χ3n) is 1.50. The number of aromatic nitrogens is 3. The zero-order valence-corrected chi connectivity index (χ0v) is 6.71. The van der Waals surface area contributed by atoms with Crippen molar-refractivity contribution in [1.82, 2.24) is 14.6 Å². The largest absolute Gasteiger partial charge is 0.235 e. The third-order valence-corrected chi connectivity index (χ3v) is 1.70. The second kappa shape index (κ2) is 2.20. The maximum absolute atomic E-state index is 5.70. The van der Waals surface area contributed by atoms with Crippen molar-refractivity contribution in [2.45, 2.75) is 6.92 Å². The van der Waals surface area contributed by atoms with E-state index in [0.29, 0.717) is 5.02 Å². The van der Waals surface area contributed by atoms with E-state index < -0.39 is 0 Å². The standard InChI is InChI=1S/C7H6ClN3/c1-5-2-10-11-4-6(8)3-9-7(5)11/h2-4H,1H3. The molecule has 2 aromatic heterocycles. The Morgan fingerprint density at radius 3 is 3.09 bits per heavy atom. The van der Waals surface area contributed by atoms with Crippen LogP contribution in [0.15, 0.2) is 18.6 Å². The molecule has 0 amide bonds. The molecule has 0 aliphatic heterocycles. The molecule has 0 unspecified atom stereocenters. The number of rotatable bonds is 0. The molecule has 0 aliphatic rings. The fourth-order valence-electron chi connectivity index (χ4n) is 0.970. The lowest BCUT2D eigenvalue weighted by Crippen LogP contribution is -1.88. The van der Waals surface area contributed by atoms with Crippen molar-refractivity contribution >= 4 is 17.2 Å². The van der Waals surface area contributed by atoms with Gasteiger partial charge < -0.3 is 0 Å². The first-order valence-electron chi connectivity index (χ1n) is 3.23. The molecule has 0 aliphatic carbocycles. The van der Waals surface area contributed by atoms with Gasteiger partial charge in [0, 0.05) is 11.8 Å². The summed E-state index contributed by atoms with van der Waals surface area (Å²) in [5, 5.41) is 4.65. The van der Waals surface area contributed by atoms with Crippen molar-refractivity contribution < 1.29 is 0 Å². The molecule has 0 saturated heterocycles. The van der Waals surface area contributed by atoms with Crippen LogP contribution in [0.5, 0.6) is 0 Å². The van der Waals surface area contributed by atoms with Crippen LogP contribution in [0, 0.1) is 6.92 Å². The van der Waals surface area contributed by atoms with Gasteiger partial charge in [-0.2, -0.15) is 5.10 Å². The van der Waals surface area contributed by atoms with Crippen molar-refractivity contribution in [1.29, 1.82) is 0 Å². The van der Waals surface area contributed by atoms with Crippen LogP contribution < -0.4 is 0 Å². The molecule has 0 saturated carbocycles. The SMILES string of the molecule is Cc1cnn2cc(Cl)cnc12. The molecule has 11 heavy (non-hydrogen) atoms. The van der Waals surface area contributed by atoms with Crippen LogP contribution in [-0.2, 0) is 0 Å². The summed E-state index contributed by atoms with van der Waals surface area (Å²) in [7, 11) is 0. The minimum absolute atomic E-state index is 0.598. The topological polar surface area (TPSA) is 30.2 Å². The summed E-state index contributed by atoms with van der Waals surface area (Å²) in [4.78, 5) is 4.11. The normalized spacial score (nSPS) is 10.7. The van der Waals surface area contributed by atoms with Crippen LogP contribution in [0.1, 0.15) is 5.56 Å². The number of hydrogen-bond donors (Lipinski definition) is 0. The molecular weight excluding hydrogens is 162 g/mol. The Morgan fingerprint density at radius 1 is 1.45 bits per heavy atom. The molecule has 2 heterocycles. The highest BCUT2D eigenvalue weighted by molar-refractivity contribution is 6.30. The van der Waals surface area contributed by atoms with E-state index in [1.54, 1.807) is 23.1 Å². The minimum Gasteiger partial charge on any atom is -0.235 e. The van der Waals surface area contributed by atoms with Crippen LogP contribution in [0.4, 0.5) is 0 Å². The van der Waals surface area contributed by atoms with E-state index in [2.05, 4.69) is 10.1 Å². The van der Waals surface area contributed by atoms with Gasteiger partial charge in [-0.25, -0.2) is 9.50 Å². The van der Waals surface area contributed by atoms with Gasteiger partial charge in [-0.1, -0.05) is 11.6 Å². The zero-order chi connectivity index (χ0) is 7.84. The van der Waals surface area contributed by atoms with E-state index in [-0.39, 0.29) is 0 Å². The summed E-state index contributed by atoms with van der Waals surface area (Å²) in [6.07, 6.45) is 5.11. The van der Waals surface area contributed by atoms with Gasteiger partial charge in [-0.3, -0.25) is 0 Å². The third kappa shape index (κ3) is 0.973. The van der Waals surface area contributed by atoms with Gasteiger partial charge >= 0.3 is 0 Å². The first-order valence-corrected chi connectivity index (χ1v) is 3.60. The van der Waals surface area contributed by atoms with Gasteiger partial charge in [0.05, 0.1) is 17.4 Å². The summed E-state index contributed by atoms with van der Waals surface area (Å²) >= 11 is 5.70. The number of nitrogens with zero attached hydrogens (tertiary/aromatic N) is 3. The smallest absolute Gasteiger partial charge is 0.157 e. The van der Waals surface area contributed by atoms with Gasteiger partial charge in [0.15, 0.2) is 5.65 Å². The van der Waals surface area contributed by atoms with Crippen molar-refractivity contribution in [3.05, 3.63) is 29.2 Å². The highest BCUT2D eigenvalue weighted by Crippen LogP contribution is 2.09. The van der Waals surface area contributed by atoms with Crippen LogP contribution in [-0.4, -0.2) is 14.6 Å². The molecule has 3 nitrogen and oxygen atoms in total. The van der Waals surface area contributed by atoms with Crippen molar-refractivity contribution in [2.75, 3.05) is 0 Å². The summed E-state index contributed by atoms with van der Waals surface area (Å²) in [6.45, 7) is 1.96. The van der Waals surface area contributed by atoms with Crippen molar-refractivity contribution in [2.24, 2.45) is 0 Å². The number of aryl methyl sites for hydroxylation is 1. The van der Waals surface area contributed by atoms with Crippen LogP contribution in [0.25, 0.3) is 5.65 Å². The van der Waals surface area contributed by atoms with Crippen LogP contribution in [0.2, 0.25) is 5.02 Å². The molecular formula is C7H6ClN3. The molecule has 0 fully saturated rings. The average molecular weight is 168 g/mol. The van der Waals surface area contributed by atoms with Gasteiger partial charge in [0.2, 0.25) is 0 Å². The molecule has 0 radical (unpaired) electrons. The Balaban J connectivity index is 2.86. The zero-order valence-electron chi connectivity index (χ0n) is 5.95. The van der Waals surface area contributed by atoms with Gasteiger partial charge in [-0.05, 0) is 6.92 Å². The second-order valence-electron chi connectivity index (χ2n) is 2.37. The van der Waals surface area contributed by atoms with E-state index >= 15 is 0 Å². The number of fused-ring (bicyclic) bond motifs is 1. The summed E-state index contributed by atoms with van der Waals surface area (Å²) in [5.41, 5.74) is 1.91. The Hall–Kier alpha value is -1.09. The van der Waals surface area contributed by atoms with E-state index in [4.69, 9.17) is 11.6 Å². The Labute approximate surface area is 68.6 Å². The molecule has 0 atom stereocenters. The van der Waals surface area contributed by atoms with Crippen LogP contribution >= 0.6 is 11.6 Å². The van der Waals surface area contributed by atoms with Crippen molar-refractivity contribution in [3.8, 4) is 0 Å². The lowest BCUT2D eigenvalue weighted by atomic mass is 10.4. The number of halogens is 1. The summed E-state index contributed by atoms with van der Waals surface area (Å²) < 4.78 is 1.66. The fourth-order valence-corrected chi connectivity index (χ4v) is 1.11. The lowest BCUT2D eigenvalue weighted by Gasteiger charge is -1.92. The van der Waals surface area contributed by atoms with Crippen LogP contribution in [0.3, 0.4) is 0 Å². The Morgan fingerprint density at radius 2 is 2.27 bits per heavy atom. The minimum atomic E-state index is 0.598. The highest BCUT2D eigenvalue weighted by Gasteiger charge is 1.99. The van der Waals surface area contributed by atoms with Gasteiger partial charge in [0.1, 0.15) is 0 Å². The Kier molecular flexibility index (Phi) is 1.32. The first-order chi connectivity index (χ1) is 5.27. The molecule has 0 spiro atoms. The molecule has 0 N–H and O–H groups in total. The Bertz CT molecular complexity index is 393. The molecule has 0 bridgehead atoms. The summed E-state index contributed by atoms with van der Waals surface area (Å²) in [6, 6.07) is 0. The summed E-state index contributed by atoms with van der Waals surface area (Å²) in [5.74, 6) is 0. The molecule has 56 valence electrons. The predicted octanol–water partition coefficient (Wildman–Crippen LogP) is 1.69.